The van der Waals surface area contributed by atoms with Crippen LogP contribution in [0.5, 0.6) is 5.75 Å². The van der Waals surface area contributed by atoms with Gasteiger partial charge in [-0.3, -0.25) is 14.3 Å². The van der Waals surface area contributed by atoms with Crippen molar-refractivity contribution in [3.8, 4) is 17.0 Å². The largest absolute Gasteiger partial charge is 0.487 e. The van der Waals surface area contributed by atoms with Crippen molar-refractivity contribution in [3.05, 3.63) is 59.8 Å². The zero-order chi connectivity index (χ0) is 20.5. The second kappa shape index (κ2) is 7.43. The minimum absolute atomic E-state index is 0.0218. The third kappa shape index (κ3) is 3.85. The van der Waals surface area contributed by atoms with Gasteiger partial charge in [0, 0.05) is 49.5 Å². The lowest BCUT2D eigenvalue weighted by atomic mass is 10.1. The Morgan fingerprint density at radius 2 is 1.97 bits per heavy atom. The quantitative estimate of drug-likeness (QED) is 0.743. The molecule has 2 amide bonds. The topological polar surface area (TPSA) is 76.5 Å². The molecule has 2 aromatic carbocycles. The molecule has 4 rings (SSSR count). The molecule has 0 spiro atoms. The van der Waals surface area contributed by atoms with Crippen LogP contribution in [0.1, 0.15) is 25.1 Å². The average molecular weight is 390 g/mol. The van der Waals surface area contributed by atoms with Gasteiger partial charge in [0.25, 0.3) is 0 Å². The van der Waals surface area contributed by atoms with Crippen molar-refractivity contribution in [1.82, 2.24) is 9.78 Å². The van der Waals surface area contributed by atoms with Crippen LogP contribution in [0.15, 0.2) is 48.5 Å². The molecular formula is C22H22N4O3. The first kappa shape index (κ1) is 18.7. The Morgan fingerprint density at radius 3 is 2.72 bits per heavy atom. The summed E-state index contributed by atoms with van der Waals surface area (Å²) in [5.41, 5.74) is 5.27. The van der Waals surface area contributed by atoms with Gasteiger partial charge in [-0.25, -0.2) is 0 Å². The van der Waals surface area contributed by atoms with Crippen molar-refractivity contribution in [2.45, 2.75) is 27.0 Å². The van der Waals surface area contributed by atoms with Crippen LogP contribution in [-0.4, -0.2) is 28.6 Å². The number of ether oxygens (including phenoxy) is 1. The molecule has 1 aromatic heterocycles. The van der Waals surface area contributed by atoms with Crippen molar-refractivity contribution in [2.24, 2.45) is 0 Å². The monoisotopic (exact) mass is 390 g/mol. The minimum Gasteiger partial charge on any atom is -0.487 e. The lowest BCUT2D eigenvalue weighted by Crippen LogP contribution is -2.22. The van der Waals surface area contributed by atoms with E-state index in [1.54, 1.807) is 11.9 Å². The van der Waals surface area contributed by atoms with E-state index in [1.807, 2.05) is 53.2 Å². The van der Waals surface area contributed by atoms with Crippen LogP contribution >= 0.6 is 0 Å². The number of hydrogen-bond acceptors (Lipinski definition) is 4. The first-order valence-electron chi connectivity index (χ1n) is 9.35. The summed E-state index contributed by atoms with van der Waals surface area (Å²) in [7, 11) is 1.75. The first-order chi connectivity index (χ1) is 13.9. The van der Waals surface area contributed by atoms with Crippen LogP contribution in [0.2, 0.25) is 0 Å². The highest BCUT2D eigenvalue weighted by molar-refractivity contribution is 5.91. The number of carbonyl (C=O) groups is 2. The molecule has 0 radical (unpaired) electrons. The third-order valence-electron chi connectivity index (χ3n) is 4.95. The highest BCUT2D eigenvalue weighted by atomic mass is 16.5. The number of aromatic nitrogens is 2. The molecule has 7 heteroatoms. The van der Waals surface area contributed by atoms with Crippen molar-refractivity contribution < 1.29 is 14.3 Å². The van der Waals surface area contributed by atoms with E-state index in [0.29, 0.717) is 18.8 Å². The van der Waals surface area contributed by atoms with Gasteiger partial charge in [-0.05, 0) is 24.3 Å². The van der Waals surface area contributed by atoms with Crippen molar-refractivity contribution >= 4 is 23.2 Å². The Bertz CT molecular complexity index is 1100. The molecule has 148 valence electrons. The van der Waals surface area contributed by atoms with Gasteiger partial charge in [0.1, 0.15) is 12.4 Å². The number of nitrogens with zero attached hydrogens (tertiary/aromatic N) is 3. The van der Waals surface area contributed by atoms with Gasteiger partial charge in [-0.1, -0.05) is 18.2 Å². The molecule has 0 atom stereocenters. The van der Waals surface area contributed by atoms with Gasteiger partial charge in [-0.2, -0.15) is 5.10 Å². The van der Waals surface area contributed by atoms with Crippen LogP contribution in [-0.2, 0) is 22.7 Å². The van der Waals surface area contributed by atoms with Crippen LogP contribution in [0.3, 0.4) is 0 Å². The second-order valence-corrected chi connectivity index (χ2v) is 7.10. The number of amides is 2. The summed E-state index contributed by atoms with van der Waals surface area (Å²) in [6, 6.07) is 15.4. The Hall–Kier alpha value is -3.61. The van der Waals surface area contributed by atoms with Crippen molar-refractivity contribution in [2.75, 3.05) is 17.3 Å². The van der Waals surface area contributed by atoms with Crippen LogP contribution in [0, 0.1) is 0 Å². The molecule has 3 aromatic rings. The summed E-state index contributed by atoms with van der Waals surface area (Å²) in [6.07, 6.45) is 0. The highest BCUT2D eigenvalue weighted by Crippen LogP contribution is 2.30. The van der Waals surface area contributed by atoms with Gasteiger partial charge < -0.3 is 15.0 Å². The Balaban J connectivity index is 1.62. The fraction of sp³-hybridized carbons (Fsp3) is 0.227. The predicted molar refractivity (Wildman–Crippen MR) is 111 cm³/mol. The average Bonchev–Trinajstić information content (AvgIpc) is 3.02. The van der Waals surface area contributed by atoms with Gasteiger partial charge in [0.2, 0.25) is 11.8 Å². The first-order valence-corrected chi connectivity index (χ1v) is 9.35. The molecular weight excluding hydrogens is 368 g/mol. The molecule has 0 fully saturated rings. The van der Waals surface area contributed by atoms with Crippen LogP contribution in [0.4, 0.5) is 11.4 Å². The SMILES string of the molecule is CC(=O)Nc1ccc2c(c1)OCc1cc(-c3cccc(N(C)C(C)=O)c3)nn1C2. The van der Waals surface area contributed by atoms with Crippen LogP contribution in [0.25, 0.3) is 11.3 Å². The molecule has 1 N–H and O–H groups in total. The molecule has 29 heavy (non-hydrogen) atoms. The number of rotatable bonds is 3. The maximum absolute atomic E-state index is 11.7. The smallest absolute Gasteiger partial charge is 0.223 e. The molecule has 0 saturated carbocycles. The van der Waals surface area contributed by atoms with E-state index in [9.17, 15) is 9.59 Å². The van der Waals surface area contributed by atoms with Gasteiger partial charge in [-0.15, -0.1) is 0 Å². The van der Waals surface area contributed by atoms with E-state index in [-0.39, 0.29) is 11.8 Å². The van der Waals surface area contributed by atoms with E-state index in [2.05, 4.69) is 5.32 Å². The van der Waals surface area contributed by atoms with Gasteiger partial charge in [0.05, 0.1) is 17.9 Å². The lowest BCUT2D eigenvalue weighted by Gasteiger charge is -2.15. The number of nitrogens with one attached hydrogen (secondary N) is 1. The predicted octanol–water partition coefficient (Wildman–Crippen LogP) is 3.43. The zero-order valence-electron chi connectivity index (χ0n) is 16.6. The Kier molecular flexibility index (Phi) is 4.80. The molecule has 7 nitrogen and oxygen atoms in total. The number of fused-ring (bicyclic) bond motifs is 2. The van der Waals surface area contributed by atoms with Crippen molar-refractivity contribution in [3.63, 3.8) is 0 Å². The van der Waals surface area contributed by atoms with Gasteiger partial charge >= 0.3 is 0 Å². The standard InChI is InChI=1S/C22H22N4O3/c1-14(27)23-18-8-7-17-12-26-20(13-29-22(17)10-18)11-21(24-26)16-5-4-6-19(9-16)25(3)15(2)28/h4-11H,12-13H2,1-3H3,(H,23,27). The summed E-state index contributed by atoms with van der Waals surface area (Å²) in [6.45, 7) is 3.99. The molecule has 1 aliphatic rings. The summed E-state index contributed by atoms with van der Waals surface area (Å²) < 4.78 is 7.91. The second-order valence-electron chi connectivity index (χ2n) is 7.10. The molecule has 1 aliphatic heterocycles. The Morgan fingerprint density at radius 1 is 1.14 bits per heavy atom. The number of hydrogen-bond donors (Lipinski definition) is 1. The maximum atomic E-state index is 11.7. The third-order valence-corrected chi connectivity index (χ3v) is 4.95. The molecule has 0 aliphatic carbocycles. The summed E-state index contributed by atoms with van der Waals surface area (Å²) >= 11 is 0. The zero-order valence-corrected chi connectivity index (χ0v) is 16.6. The highest BCUT2D eigenvalue weighted by Gasteiger charge is 2.18. The van der Waals surface area contributed by atoms with Crippen molar-refractivity contribution in [1.29, 1.82) is 0 Å². The summed E-state index contributed by atoms with van der Waals surface area (Å²) in [5.74, 6) is 0.605. The summed E-state index contributed by atoms with van der Waals surface area (Å²) in [4.78, 5) is 24.5. The minimum atomic E-state index is -0.117. The number of anilines is 2. The number of carbonyl (C=O) groups excluding carboxylic acids is 2. The normalized spacial score (nSPS) is 12.2. The van der Waals surface area contributed by atoms with E-state index >= 15 is 0 Å². The molecule has 2 heterocycles. The molecule has 0 unspecified atom stereocenters. The lowest BCUT2D eigenvalue weighted by molar-refractivity contribution is -0.116. The maximum Gasteiger partial charge on any atom is 0.223 e. The van der Waals surface area contributed by atoms with E-state index in [4.69, 9.17) is 9.84 Å². The Labute approximate surface area is 168 Å². The molecule has 0 bridgehead atoms. The van der Waals surface area contributed by atoms with E-state index in [0.717, 1.165) is 34.0 Å². The van der Waals surface area contributed by atoms with E-state index < -0.39 is 0 Å². The summed E-state index contributed by atoms with van der Waals surface area (Å²) in [5, 5.41) is 7.53. The van der Waals surface area contributed by atoms with E-state index in [1.165, 1.54) is 13.8 Å². The van der Waals surface area contributed by atoms with Crippen LogP contribution < -0.4 is 15.0 Å². The number of benzene rings is 2. The van der Waals surface area contributed by atoms with Gasteiger partial charge in [0.15, 0.2) is 0 Å². The fourth-order valence-electron chi connectivity index (χ4n) is 3.32. The fourth-order valence-corrected chi connectivity index (χ4v) is 3.32. The molecule has 0 saturated heterocycles.